The van der Waals surface area contributed by atoms with Gasteiger partial charge < -0.3 is 10.8 Å². The highest BCUT2D eigenvalue weighted by Crippen LogP contribution is 2.27. The Morgan fingerprint density at radius 3 is 2.64 bits per heavy atom. The van der Waals surface area contributed by atoms with E-state index in [1.807, 2.05) is 25.1 Å². The van der Waals surface area contributed by atoms with Crippen LogP contribution < -0.4 is 5.73 Å². The Kier molecular flexibility index (Phi) is 3.53. The maximum atomic E-state index is 9.19. The van der Waals surface area contributed by atoms with Crippen molar-refractivity contribution in [1.29, 1.82) is 0 Å². The van der Waals surface area contributed by atoms with E-state index < -0.39 is 5.54 Å². The summed E-state index contributed by atoms with van der Waals surface area (Å²) in [4.78, 5) is 0. The fraction of sp³-hybridized carbons (Fsp3) is 0.455. The number of rotatable bonds is 3. The lowest BCUT2D eigenvalue weighted by atomic mass is 9.89. The van der Waals surface area contributed by atoms with Crippen molar-refractivity contribution >= 4 is 11.6 Å². The van der Waals surface area contributed by atoms with E-state index >= 15 is 0 Å². The monoisotopic (exact) mass is 213 g/mol. The normalized spacial score (nSPS) is 15.2. The van der Waals surface area contributed by atoms with Gasteiger partial charge in [0.25, 0.3) is 0 Å². The van der Waals surface area contributed by atoms with E-state index in [-0.39, 0.29) is 6.61 Å². The average Bonchev–Trinajstić information content (AvgIpc) is 2.17. The Morgan fingerprint density at radius 2 is 2.14 bits per heavy atom. The topological polar surface area (TPSA) is 46.2 Å². The van der Waals surface area contributed by atoms with E-state index in [2.05, 4.69) is 0 Å². The van der Waals surface area contributed by atoms with Gasteiger partial charge in [0, 0.05) is 5.02 Å². The highest BCUT2D eigenvalue weighted by Gasteiger charge is 2.23. The molecule has 14 heavy (non-hydrogen) atoms. The van der Waals surface area contributed by atoms with Crippen LogP contribution in [0, 0.1) is 0 Å². The molecule has 0 aliphatic carbocycles. The zero-order chi connectivity index (χ0) is 10.8. The Bertz CT molecular complexity index is 323. The Hall–Kier alpha value is -0.570. The van der Waals surface area contributed by atoms with Gasteiger partial charge in [0.1, 0.15) is 0 Å². The molecule has 0 saturated heterocycles. The van der Waals surface area contributed by atoms with E-state index in [4.69, 9.17) is 17.3 Å². The molecule has 0 aromatic heterocycles. The maximum Gasteiger partial charge on any atom is 0.0650 e. The molecular formula is C11H16ClNO. The molecule has 0 bridgehead atoms. The first kappa shape index (κ1) is 11.5. The summed E-state index contributed by atoms with van der Waals surface area (Å²) in [7, 11) is 0. The van der Waals surface area contributed by atoms with Crippen LogP contribution in [0.5, 0.6) is 0 Å². The minimum absolute atomic E-state index is 0.0830. The predicted octanol–water partition coefficient (Wildman–Crippen LogP) is 2.07. The van der Waals surface area contributed by atoms with Crippen molar-refractivity contribution < 1.29 is 5.11 Å². The minimum atomic E-state index is -0.712. The van der Waals surface area contributed by atoms with E-state index in [1.165, 1.54) is 0 Å². The number of hydrogen-bond acceptors (Lipinski definition) is 2. The highest BCUT2D eigenvalue weighted by atomic mass is 35.5. The van der Waals surface area contributed by atoms with Crippen molar-refractivity contribution in [3.63, 3.8) is 0 Å². The summed E-state index contributed by atoms with van der Waals surface area (Å²) in [5.41, 5.74) is 7.21. The molecule has 1 aromatic carbocycles. The molecule has 3 N–H and O–H groups in total. The summed E-state index contributed by atoms with van der Waals surface area (Å²) >= 11 is 6.06. The summed E-state index contributed by atoms with van der Waals surface area (Å²) < 4.78 is 0. The molecular weight excluding hydrogens is 198 g/mol. The van der Waals surface area contributed by atoms with Crippen molar-refractivity contribution in [3.05, 3.63) is 34.3 Å². The third kappa shape index (κ3) is 2.08. The largest absolute Gasteiger partial charge is 0.394 e. The van der Waals surface area contributed by atoms with Gasteiger partial charge in [-0.3, -0.25) is 0 Å². The van der Waals surface area contributed by atoms with Gasteiger partial charge in [-0.15, -0.1) is 0 Å². The molecule has 1 unspecified atom stereocenters. The lowest BCUT2D eigenvalue weighted by Crippen LogP contribution is -2.38. The average molecular weight is 214 g/mol. The fourth-order valence-corrected chi connectivity index (χ4v) is 1.85. The van der Waals surface area contributed by atoms with Gasteiger partial charge >= 0.3 is 0 Å². The number of nitrogens with two attached hydrogens (primary N) is 1. The molecule has 1 atom stereocenters. The lowest BCUT2D eigenvalue weighted by molar-refractivity contribution is 0.209. The molecule has 2 nitrogen and oxygen atoms in total. The predicted molar refractivity (Wildman–Crippen MR) is 59.5 cm³/mol. The molecule has 0 amide bonds. The van der Waals surface area contributed by atoms with Gasteiger partial charge in [-0.2, -0.15) is 0 Å². The summed E-state index contributed by atoms with van der Waals surface area (Å²) in [6.07, 6.45) is 0.821. The second-order valence-electron chi connectivity index (χ2n) is 3.70. The Balaban J connectivity index is 3.27. The van der Waals surface area contributed by atoms with E-state index in [0.29, 0.717) is 0 Å². The number of hydrogen-bond donors (Lipinski definition) is 2. The van der Waals surface area contributed by atoms with Crippen LogP contribution in [0.3, 0.4) is 0 Å². The summed E-state index contributed by atoms with van der Waals surface area (Å²) in [6.45, 7) is 3.75. The molecule has 0 heterocycles. The standard InChI is InChI=1S/C11H16ClNO/c1-3-8-9(11(2,13)7-14)5-4-6-10(8)12/h4-6,14H,3,7,13H2,1-2H3. The Morgan fingerprint density at radius 1 is 1.50 bits per heavy atom. The molecule has 78 valence electrons. The quantitative estimate of drug-likeness (QED) is 0.808. The van der Waals surface area contributed by atoms with Gasteiger partial charge in [0.2, 0.25) is 0 Å². The summed E-state index contributed by atoms with van der Waals surface area (Å²) in [6, 6.07) is 5.62. The molecule has 0 spiro atoms. The van der Waals surface area contributed by atoms with Crippen LogP contribution in [0.1, 0.15) is 25.0 Å². The SMILES string of the molecule is CCc1c(Cl)cccc1C(C)(N)CO. The number of halogens is 1. The van der Waals surface area contributed by atoms with Crippen molar-refractivity contribution in [2.45, 2.75) is 25.8 Å². The van der Waals surface area contributed by atoms with Gasteiger partial charge in [-0.1, -0.05) is 30.7 Å². The van der Waals surface area contributed by atoms with Gasteiger partial charge in [0.15, 0.2) is 0 Å². The number of aliphatic hydroxyl groups excluding tert-OH is 1. The van der Waals surface area contributed by atoms with Crippen LogP contribution in [-0.4, -0.2) is 11.7 Å². The first-order valence-electron chi connectivity index (χ1n) is 4.70. The third-order valence-corrected chi connectivity index (χ3v) is 2.77. The molecule has 1 aromatic rings. The zero-order valence-electron chi connectivity index (χ0n) is 8.55. The zero-order valence-corrected chi connectivity index (χ0v) is 9.30. The molecule has 0 radical (unpaired) electrons. The van der Waals surface area contributed by atoms with Crippen LogP contribution in [0.2, 0.25) is 5.02 Å². The van der Waals surface area contributed by atoms with E-state index in [0.717, 1.165) is 22.6 Å². The third-order valence-electron chi connectivity index (χ3n) is 2.42. The van der Waals surface area contributed by atoms with Crippen LogP contribution in [-0.2, 0) is 12.0 Å². The minimum Gasteiger partial charge on any atom is -0.394 e. The van der Waals surface area contributed by atoms with Gasteiger partial charge in [0.05, 0.1) is 12.1 Å². The van der Waals surface area contributed by atoms with Crippen molar-refractivity contribution in [1.82, 2.24) is 0 Å². The van der Waals surface area contributed by atoms with E-state index in [1.54, 1.807) is 6.92 Å². The van der Waals surface area contributed by atoms with Gasteiger partial charge in [-0.05, 0) is 30.5 Å². The van der Waals surface area contributed by atoms with Crippen LogP contribution in [0.15, 0.2) is 18.2 Å². The second kappa shape index (κ2) is 4.30. The summed E-state index contributed by atoms with van der Waals surface area (Å²) in [5.74, 6) is 0. The highest BCUT2D eigenvalue weighted by molar-refractivity contribution is 6.31. The fourth-order valence-electron chi connectivity index (χ4n) is 1.54. The van der Waals surface area contributed by atoms with Crippen LogP contribution >= 0.6 is 11.6 Å². The molecule has 0 fully saturated rings. The van der Waals surface area contributed by atoms with E-state index in [9.17, 15) is 5.11 Å². The van der Waals surface area contributed by atoms with Crippen LogP contribution in [0.4, 0.5) is 0 Å². The molecule has 1 rings (SSSR count). The summed E-state index contributed by atoms with van der Waals surface area (Å²) in [5, 5.41) is 9.91. The van der Waals surface area contributed by atoms with Crippen molar-refractivity contribution in [2.75, 3.05) is 6.61 Å². The first-order valence-corrected chi connectivity index (χ1v) is 5.08. The number of aliphatic hydroxyl groups is 1. The second-order valence-corrected chi connectivity index (χ2v) is 4.10. The number of benzene rings is 1. The maximum absolute atomic E-state index is 9.19. The lowest BCUT2D eigenvalue weighted by Gasteiger charge is -2.25. The smallest absolute Gasteiger partial charge is 0.0650 e. The molecule has 0 aliphatic heterocycles. The first-order chi connectivity index (χ1) is 6.53. The molecule has 0 aliphatic rings. The van der Waals surface area contributed by atoms with Crippen molar-refractivity contribution in [2.24, 2.45) is 5.73 Å². The van der Waals surface area contributed by atoms with Crippen LogP contribution in [0.25, 0.3) is 0 Å². The van der Waals surface area contributed by atoms with Crippen molar-refractivity contribution in [3.8, 4) is 0 Å². The Labute approximate surface area is 89.7 Å². The van der Waals surface area contributed by atoms with Gasteiger partial charge in [-0.25, -0.2) is 0 Å². The molecule has 0 saturated carbocycles. The molecule has 3 heteroatoms.